The fourth-order valence-electron chi connectivity index (χ4n) is 2.25. The first kappa shape index (κ1) is 26.3. The molecule has 4 aromatic heterocycles. The van der Waals surface area contributed by atoms with E-state index in [1.165, 1.54) is 0 Å². The van der Waals surface area contributed by atoms with Gasteiger partial charge in [-0.25, -0.2) is 22.7 Å². The predicted octanol–water partition coefficient (Wildman–Crippen LogP) is 5.36. The molecule has 0 aliphatic rings. The monoisotopic (exact) mass is 617 g/mol. The van der Waals surface area contributed by atoms with Gasteiger partial charge in [0.2, 0.25) is 0 Å². The molecule has 0 aromatic carbocycles. The van der Waals surface area contributed by atoms with Gasteiger partial charge in [0.1, 0.15) is 0 Å². The Morgan fingerprint density at radius 2 is 1.23 bits per heavy atom. The van der Waals surface area contributed by atoms with Crippen LogP contribution in [0.2, 0.25) is 0 Å². The van der Waals surface area contributed by atoms with Gasteiger partial charge in [-0.2, -0.15) is 24.3 Å². The Balaban J connectivity index is 0.000000229. The third kappa shape index (κ3) is 10.3. The first-order chi connectivity index (χ1) is 14.1. The third-order valence-corrected chi connectivity index (χ3v) is 5.08. The Labute approximate surface area is 199 Å². The number of hydrogen-bond acceptors (Lipinski definition) is 6. The fraction of sp³-hybridized carbons (Fsp3) is 0.217. The van der Waals surface area contributed by atoms with Crippen LogP contribution in [0.3, 0.4) is 0 Å². The van der Waals surface area contributed by atoms with E-state index in [1.807, 2.05) is 59.3 Å². The van der Waals surface area contributed by atoms with Crippen LogP contribution >= 0.6 is 22.7 Å². The number of aromatic nitrogens is 2. The number of rotatable bonds is 4. The minimum absolute atomic E-state index is 0. The van der Waals surface area contributed by atoms with Crippen molar-refractivity contribution in [3.63, 3.8) is 0 Å². The zero-order valence-corrected chi connectivity index (χ0v) is 20.8. The van der Waals surface area contributed by atoms with Crippen LogP contribution in [0.1, 0.15) is 20.3 Å². The van der Waals surface area contributed by atoms with Gasteiger partial charge in [0.05, 0.1) is 12.2 Å². The zero-order valence-electron chi connectivity index (χ0n) is 16.7. The van der Waals surface area contributed by atoms with Gasteiger partial charge in [0, 0.05) is 32.5 Å². The summed E-state index contributed by atoms with van der Waals surface area (Å²) in [6.45, 7) is 3.32. The van der Waals surface area contributed by atoms with Crippen molar-refractivity contribution in [1.29, 1.82) is 0 Å². The number of aliphatic hydroxyl groups excluding tert-OH is 2. The smallest absolute Gasteiger partial charge is 0.0536 e. The van der Waals surface area contributed by atoms with E-state index in [9.17, 15) is 0 Å². The summed E-state index contributed by atoms with van der Waals surface area (Å²) in [7, 11) is 0. The van der Waals surface area contributed by atoms with Crippen molar-refractivity contribution in [3.05, 3.63) is 83.8 Å². The molecule has 0 saturated carbocycles. The summed E-state index contributed by atoms with van der Waals surface area (Å²) in [6.07, 6.45) is 3.31. The Hall–Kier alpha value is -1.73. The molecule has 0 amide bonds. The van der Waals surface area contributed by atoms with Crippen molar-refractivity contribution in [1.82, 2.24) is 9.97 Å². The SMILES string of the molecule is CC(O)CC(C)O.[Ir].[c-]1ccsc1-c1ccccn1.[c-]1ccsc1-c1ccccn1. The van der Waals surface area contributed by atoms with Crippen molar-refractivity contribution >= 4 is 22.7 Å². The minimum Gasteiger partial charge on any atom is -0.393 e. The third-order valence-electron chi connectivity index (χ3n) is 3.41. The van der Waals surface area contributed by atoms with Gasteiger partial charge in [-0.15, -0.1) is 10.8 Å². The summed E-state index contributed by atoms with van der Waals surface area (Å²) in [5.41, 5.74) is 2.00. The van der Waals surface area contributed by atoms with Gasteiger partial charge in [0.15, 0.2) is 0 Å². The van der Waals surface area contributed by atoms with Gasteiger partial charge in [0.25, 0.3) is 0 Å². The van der Waals surface area contributed by atoms with E-state index < -0.39 is 0 Å². The van der Waals surface area contributed by atoms with Crippen LogP contribution in [0, 0.1) is 12.1 Å². The molecule has 0 saturated heterocycles. The molecule has 0 aliphatic heterocycles. The Bertz CT molecular complexity index is 810. The molecule has 0 bridgehead atoms. The zero-order chi connectivity index (χ0) is 20.9. The molecule has 30 heavy (non-hydrogen) atoms. The molecule has 4 rings (SSSR count). The molecule has 4 heterocycles. The molecular formula is C23H24IrN2O2S2-2. The van der Waals surface area contributed by atoms with Crippen LogP contribution in [-0.2, 0) is 20.1 Å². The average molecular weight is 617 g/mol. The summed E-state index contributed by atoms with van der Waals surface area (Å²) in [5, 5.41) is 21.1. The van der Waals surface area contributed by atoms with Crippen LogP contribution in [0.15, 0.2) is 71.7 Å². The van der Waals surface area contributed by atoms with E-state index in [1.54, 1.807) is 48.9 Å². The standard InChI is InChI=1S/2C9H6NS.C5H12O2.Ir/c2*1-2-6-10-8(4-1)9-5-3-7-11-9;1-4(6)3-5(2)7;/h2*1-4,6-7H;4-7H,3H2,1-2H3;/q2*-1;;. The van der Waals surface area contributed by atoms with Crippen molar-refractivity contribution in [3.8, 4) is 21.1 Å². The summed E-state index contributed by atoms with van der Waals surface area (Å²) < 4.78 is 0. The first-order valence-corrected chi connectivity index (χ1v) is 10.9. The molecular weight excluding hydrogens is 593 g/mol. The largest absolute Gasteiger partial charge is 0.393 e. The van der Waals surface area contributed by atoms with Gasteiger partial charge in [-0.1, -0.05) is 34.0 Å². The van der Waals surface area contributed by atoms with Gasteiger partial charge >= 0.3 is 0 Å². The summed E-state index contributed by atoms with van der Waals surface area (Å²) in [6, 6.07) is 21.8. The quantitative estimate of drug-likeness (QED) is 0.303. The summed E-state index contributed by atoms with van der Waals surface area (Å²) in [5.74, 6) is 0. The molecule has 2 atom stereocenters. The Morgan fingerprint density at radius 1 is 0.800 bits per heavy atom. The normalized spacial score (nSPS) is 11.6. The van der Waals surface area contributed by atoms with E-state index in [0.29, 0.717) is 6.42 Å². The molecule has 2 unspecified atom stereocenters. The van der Waals surface area contributed by atoms with E-state index in [2.05, 4.69) is 22.1 Å². The van der Waals surface area contributed by atoms with Crippen molar-refractivity contribution in [2.24, 2.45) is 0 Å². The summed E-state index contributed by atoms with van der Waals surface area (Å²) >= 11 is 3.32. The van der Waals surface area contributed by atoms with E-state index in [0.717, 1.165) is 21.1 Å². The molecule has 2 N–H and O–H groups in total. The topological polar surface area (TPSA) is 66.2 Å². The second-order valence-corrected chi connectivity index (χ2v) is 7.98. The molecule has 0 spiro atoms. The Kier molecular flexibility index (Phi) is 13.3. The number of nitrogens with zero attached hydrogens (tertiary/aromatic N) is 2. The molecule has 1 radical (unpaired) electrons. The van der Waals surface area contributed by atoms with E-state index in [4.69, 9.17) is 10.2 Å². The molecule has 161 valence electrons. The summed E-state index contributed by atoms with van der Waals surface area (Å²) in [4.78, 5) is 10.6. The van der Waals surface area contributed by atoms with Crippen LogP contribution in [0.5, 0.6) is 0 Å². The van der Waals surface area contributed by atoms with Crippen molar-refractivity contribution < 1.29 is 30.3 Å². The number of thiophene rings is 2. The van der Waals surface area contributed by atoms with Crippen molar-refractivity contribution in [2.75, 3.05) is 0 Å². The van der Waals surface area contributed by atoms with Crippen molar-refractivity contribution in [2.45, 2.75) is 32.5 Å². The molecule has 0 aliphatic carbocycles. The molecule has 0 fully saturated rings. The van der Waals surface area contributed by atoms with Crippen LogP contribution in [0.25, 0.3) is 21.1 Å². The maximum atomic E-state index is 8.56. The Morgan fingerprint density at radius 3 is 1.47 bits per heavy atom. The van der Waals surface area contributed by atoms with E-state index >= 15 is 0 Å². The number of pyridine rings is 2. The van der Waals surface area contributed by atoms with Crippen LogP contribution in [0.4, 0.5) is 0 Å². The predicted molar refractivity (Wildman–Crippen MR) is 121 cm³/mol. The minimum atomic E-state index is -0.375. The molecule has 7 heteroatoms. The number of hydrogen-bond donors (Lipinski definition) is 2. The van der Waals surface area contributed by atoms with Gasteiger partial charge in [-0.3, -0.25) is 0 Å². The molecule has 4 aromatic rings. The van der Waals surface area contributed by atoms with Crippen LogP contribution < -0.4 is 0 Å². The second kappa shape index (κ2) is 15.1. The average Bonchev–Trinajstić information content (AvgIpc) is 3.44. The first-order valence-electron chi connectivity index (χ1n) is 9.15. The van der Waals surface area contributed by atoms with Gasteiger partial charge < -0.3 is 20.2 Å². The van der Waals surface area contributed by atoms with Gasteiger partial charge in [-0.05, 0) is 43.8 Å². The van der Waals surface area contributed by atoms with Crippen LogP contribution in [-0.4, -0.2) is 32.4 Å². The van der Waals surface area contributed by atoms with E-state index in [-0.39, 0.29) is 32.3 Å². The maximum absolute atomic E-state index is 8.56. The second-order valence-electron chi connectivity index (χ2n) is 6.15. The maximum Gasteiger partial charge on any atom is 0.0536 e. The molecule has 4 nitrogen and oxygen atoms in total. The fourth-order valence-corrected chi connectivity index (χ4v) is 3.55. The number of aliphatic hydroxyl groups is 2.